The van der Waals surface area contributed by atoms with Gasteiger partial charge in [-0.2, -0.15) is 0 Å². The van der Waals surface area contributed by atoms with E-state index < -0.39 is 0 Å². The Morgan fingerprint density at radius 3 is 2.24 bits per heavy atom. The van der Waals surface area contributed by atoms with Gasteiger partial charge in [0.2, 0.25) is 0 Å². The SMILES string of the molecule is CCNC(c1cc(C)c(Cl)cc1C)c1c(C)oc(C)c1C. The van der Waals surface area contributed by atoms with Crippen LogP contribution in [0.3, 0.4) is 0 Å². The van der Waals surface area contributed by atoms with Gasteiger partial charge in [0.15, 0.2) is 0 Å². The second-order valence-electron chi connectivity index (χ2n) is 5.70. The maximum atomic E-state index is 6.24. The summed E-state index contributed by atoms with van der Waals surface area (Å²) in [6.07, 6.45) is 0. The first-order valence-electron chi connectivity index (χ1n) is 7.43. The van der Waals surface area contributed by atoms with Crippen molar-refractivity contribution in [1.82, 2.24) is 5.32 Å². The van der Waals surface area contributed by atoms with Crippen LogP contribution in [0.5, 0.6) is 0 Å². The molecule has 1 aromatic carbocycles. The number of benzene rings is 1. The van der Waals surface area contributed by atoms with Gasteiger partial charge in [-0.05, 0) is 69.5 Å². The van der Waals surface area contributed by atoms with E-state index in [1.165, 1.54) is 22.3 Å². The number of hydrogen-bond donors (Lipinski definition) is 1. The van der Waals surface area contributed by atoms with Crippen molar-refractivity contribution in [2.45, 2.75) is 47.6 Å². The highest BCUT2D eigenvalue weighted by Gasteiger charge is 2.23. The van der Waals surface area contributed by atoms with Gasteiger partial charge in [-0.15, -0.1) is 0 Å². The van der Waals surface area contributed by atoms with Crippen LogP contribution < -0.4 is 5.32 Å². The molecule has 0 aliphatic rings. The van der Waals surface area contributed by atoms with Gasteiger partial charge in [-0.1, -0.05) is 24.6 Å². The molecule has 0 saturated carbocycles. The van der Waals surface area contributed by atoms with Gasteiger partial charge in [0, 0.05) is 10.6 Å². The maximum Gasteiger partial charge on any atom is 0.106 e. The quantitative estimate of drug-likeness (QED) is 0.842. The van der Waals surface area contributed by atoms with E-state index in [0.29, 0.717) is 0 Å². The third kappa shape index (κ3) is 3.02. The smallest absolute Gasteiger partial charge is 0.106 e. The van der Waals surface area contributed by atoms with Crippen molar-refractivity contribution in [2.75, 3.05) is 6.54 Å². The maximum absolute atomic E-state index is 6.24. The van der Waals surface area contributed by atoms with Crippen LogP contribution in [0.2, 0.25) is 5.02 Å². The summed E-state index contributed by atoms with van der Waals surface area (Å²) in [6.45, 7) is 13.4. The largest absolute Gasteiger partial charge is 0.466 e. The van der Waals surface area contributed by atoms with Gasteiger partial charge in [0.1, 0.15) is 11.5 Å². The fourth-order valence-corrected chi connectivity index (χ4v) is 3.14. The molecule has 3 heteroatoms. The molecular formula is C18H24ClNO. The van der Waals surface area contributed by atoms with Crippen LogP contribution >= 0.6 is 11.6 Å². The Morgan fingerprint density at radius 1 is 1.05 bits per heavy atom. The zero-order valence-electron chi connectivity index (χ0n) is 13.7. The van der Waals surface area contributed by atoms with Gasteiger partial charge in [-0.25, -0.2) is 0 Å². The average Bonchev–Trinajstić information content (AvgIpc) is 2.66. The Morgan fingerprint density at radius 2 is 1.71 bits per heavy atom. The molecule has 1 atom stereocenters. The van der Waals surface area contributed by atoms with E-state index in [-0.39, 0.29) is 6.04 Å². The topological polar surface area (TPSA) is 25.2 Å². The minimum Gasteiger partial charge on any atom is -0.466 e. The third-order valence-corrected chi connectivity index (χ3v) is 4.58. The van der Waals surface area contributed by atoms with Gasteiger partial charge in [0.05, 0.1) is 6.04 Å². The second-order valence-corrected chi connectivity index (χ2v) is 6.11. The van der Waals surface area contributed by atoms with Crippen LogP contribution in [0.25, 0.3) is 0 Å². The lowest BCUT2D eigenvalue weighted by Gasteiger charge is -2.22. The van der Waals surface area contributed by atoms with Gasteiger partial charge < -0.3 is 9.73 Å². The summed E-state index contributed by atoms with van der Waals surface area (Å²) in [5, 5.41) is 4.42. The van der Waals surface area contributed by atoms with Crippen LogP contribution in [0, 0.1) is 34.6 Å². The summed E-state index contributed by atoms with van der Waals surface area (Å²) in [5.74, 6) is 1.98. The first kappa shape index (κ1) is 16.1. The van der Waals surface area contributed by atoms with Crippen molar-refractivity contribution in [1.29, 1.82) is 0 Å². The highest BCUT2D eigenvalue weighted by Crippen LogP contribution is 2.34. The number of furan rings is 1. The lowest BCUT2D eigenvalue weighted by Crippen LogP contribution is -2.24. The van der Waals surface area contributed by atoms with Crippen molar-refractivity contribution >= 4 is 11.6 Å². The second kappa shape index (κ2) is 6.25. The summed E-state index contributed by atoms with van der Waals surface area (Å²) in [5.41, 5.74) is 6.06. The highest BCUT2D eigenvalue weighted by atomic mass is 35.5. The van der Waals surface area contributed by atoms with E-state index in [1.54, 1.807) is 0 Å². The molecule has 0 spiro atoms. The molecule has 0 fully saturated rings. The Labute approximate surface area is 132 Å². The van der Waals surface area contributed by atoms with Crippen molar-refractivity contribution in [2.24, 2.45) is 0 Å². The van der Waals surface area contributed by atoms with Crippen molar-refractivity contribution in [3.05, 3.63) is 56.5 Å². The predicted octanol–water partition coefficient (Wildman–Crippen LogP) is 5.17. The summed E-state index contributed by atoms with van der Waals surface area (Å²) in [6, 6.07) is 4.38. The molecule has 1 unspecified atom stereocenters. The van der Waals surface area contributed by atoms with Crippen molar-refractivity contribution in [3.63, 3.8) is 0 Å². The first-order chi connectivity index (χ1) is 9.86. The van der Waals surface area contributed by atoms with Crippen LogP contribution in [0.15, 0.2) is 16.5 Å². The fourth-order valence-electron chi connectivity index (χ4n) is 2.92. The summed E-state index contributed by atoms with van der Waals surface area (Å²) >= 11 is 6.24. The van der Waals surface area contributed by atoms with Gasteiger partial charge in [0.25, 0.3) is 0 Å². The van der Waals surface area contributed by atoms with E-state index in [4.69, 9.17) is 16.0 Å². The monoisotopic (exact) mass is 305 g/mol. The molecule has 1 aromatic heterocycles. The van der Waals surface area contributed by atoms with Crippen LogP contribution in [-0.2, 0) is 0 Å². The molecule has 0 saturated heterocycles. The molecule has 2 aromatic rings. The minimum atomic E-state index is 0.142. The zero-order chi connectivity index (χ0) is 15.7. The fraction of sp³-hybridized carbons (Fsp3) is 0.444. The van der Waals surface area contributed by atoms with E-state index >= 15 is 0 Å². The molecule has 0 amide bonds. The van der Waals surface area contributed by atoms with E-state index in [1.807, 2.05) is 19.9 Å². The Hall–Kier alpha value is -1.25. The number of halogens is 1. The standard InChI is InChI=1S/C18H24ClNO/c1-7-20-18(17-12(4)13(5)21-14(17)6)15-8-11(3)16(19)9-10(15)2/h8-9,18,20H,7H2,1-6H3. The van der Waals surface area contributed by atoms with Crippen molar-refractivity contribution < 1.29 is 4.42 Å². The van der Waals surface area contributed by atoms with Gasteiger partial charge in [-0.3, -0.25) is 0 Å². The summed E-state index contributed by atoms with van der Waals surface area (Å²) < 4.78 is 5.82. The van der Waals surface area contributed by atoms with Crippen LogP contribution in [-0.4, -0.2) is 6.54 Å². The number of aryl methyl sites for hydroxylation is 4. The Kier molecular flexibility index (Phi) is 4.80. The molecule has 0 radical (unpaired) electrons. The van der Waals surface area contributed by atoms with Gasteiger partial charge >= 0.3 is 0 Å². The molecule has 1 heterocycles. The van der Waals surface area contributed by atoms with E-state index in [0.717, 1.165) is 28.7 Å². The molecule has 0 bridgehead atoms. The molecule has 21 heavy (non-hydrogen) atoms. The minimum absolute atomic E-state index is 0.142. The van der Waals surface area contributed by atoms with E-state index in [2.05, 4.69) is 39.1 Å². The number of nitrogens with one attached hydrogen (secondary N) is 1. The summed E-state index contributed by atoms with van der Waals surface area (Å²) in [7, 11) is 0. The van der Waals surface area contributed by atoms with Crippen molar-refractivity contribution in [3.8, 4) is 0 Å². The van der Waals surface area contributed by atoms with Crippen LogP contribution in [0.4, 0.5) is 0 Å². The summed E-state index contributed by atoms with van der Waals surface area (Å²) in [4.78, 5) is 0. The number of hydrogen-bond acceptors (Lipinski definition) is 2. The predicted molar refractivity (Wildman–Crippen MR) is 89.4 cm³/mol. The third-order valence-electron chi connectivity index (χ3n) is 4.17. The molecule has 0 aliphatic heterocycles. The molecule has 2 rings (SSSR count). The lowest BCUT2D eigenvalue weighted by molar-refractivity contribution is 0.494. The molecule has 0 aliphatic carbocycles. The molecule has 1 N–H and O–H groups in total. The Bertz CT molecular complexity index is 658. The molecule has 2 nitrogen and oxygen atoms in total. The first-order valence-corrected chi connectivity index (χ1v) is 7.81. The normalized spacial score (nSPS) is 12.7. The molecule has 114 valence electrons. The van der Waals surface area contributed by atoms with E-state index in [9.17, 15) is 0 Å². The highest BCUT2D eigenvalue weighted by molar-refractivity contribution is 6.31. The molecular weight excluding hydrogens is 282 g/mol. The zero-order valence-corrected chi connectivity index (χ0v) is 14.5. The Balaban J connectivity index is 2.61. The number of rotatable bonds is 4. The lowest BCUT2D eigenvalue weighted by atomic mass is 9.91. The van der Waals surface area contributed by atoms with Crippen LogP contribution in [0.1, 0.15) is 52.3 Å². The average molecular weight is 306 g/mol.